The molecule has 3 nitrogen and oxygen atoms in total. The van der Waals surface area contributed by atoms with Crippen LogP contribution in [0.25, 0.3) is 0 Å². The quantitative estimate of drug-likeness (QED) is 0.867. The zero-order chi connectivity index (χ0) is 13.3. The van der Waals surface area contributed by atoms with Gasteiger partial charge in [0.2, 0.25) is 0 Å². The van der Waals surface area contributed by atoms with Gasteiger partial charge in [-0.1, -0.05) is 15.9 Å². The summed E-state index contributed by atoms with van der Waals surface area (Å²) in [6, 6.07) is 5.71. The molecule has 0 radical (unpaired) electrons. The molecule has 0 aliphatic rings. The number of nitrogens with zero attached hydrogens (tertiary/aromatic N) is 1. The third-order valence-corrected chi connectivity index (χ3v) is 3.00. The van der Waals surface area contributed by atoms with Crippen molar-refractivity contribution in [2.45, 2.75) is 6.92 Å². The first-order valence-corrected chi connectivity index (χ1v) is 6.00. The molecule has 2 N–H and O–H groups in total. The molecule has 0 fully saturated rings. The third-order valence-electron chi connectivity index (χ3n) is 2.54. The van der Waals surface area contributed by atoms with Gasteiger partial charge in [0.1, 0.15) is 11.6 Å². The van der Waals surface area contributed by atoms with E-state index in [-0.39, 0.29) is 17.2 Å². The second-order valence-corrected chi connectivity index (χ2v) is 4.79. The number of aryl methyl sites for hydroxylation is 1. The van der Waals surface area contributed by atoms with Gasteiger partial charge in [0.25, 0.3) is 0 Å². The highest BCUT2D eigenvalue weighted by Crippen LogP contribution is 2.21. The fourth-order valence-electron chi connectivity index (χ4n) is 1.70. The average molecular weight is 309 g/mol. The van der Waals surface area contributed by atoms with E-state index in [4.69, 9.17) is 5.73 Å². The van der Waals surface area contributed by atoms with E-state index in [2.05, 4.69) is 20.9 Å². The molecular weight excluding hydrogens is 299 g/mol. The summed E-state index contributed by atoms with van der Waals surface area (Å²) < 4.78 is 13.8. The summed E-state index contributed by atoms with van der Waals surface area (Å²) in [6.07, 6.45) is 1.53. The van der Waals surface area contributed by atoms with Crippen molar-refractivity contribution < 1.29 is 9.18 Å². The lowest BCUT2D eigenvalue weighted by atomic mass is 10.00. The van der Waals surface area contributed by atoms with Crippen molar-refractivity contribution in [3.05, 3.63) is 57.4 Å². The summed E-state index contributed by atoms with van der Waals surface area (Å²) in [5.74, 6) is -0.661. The van der Waals surface area contributed by atoms with Gasteiger partial charge >= 0.3 is 0 Å². The first kappa shape index (κ1) is 12.7. The topological polar surface area (TPSA) is 56.0 Å². The molecule has 0 amide bonds. The summed E-state index contributed by atoms with van der Waals surface area (Å²) >= 11 is 3.15. The lowest BCUT2D eigenvalue weighted by Gasteiger charge is -2.07. The van der Waals surface area contributed by atoms with Crippen molar-refractivity contribution in [3.8, 4) is 0 Å². The number of pyridine rings is 1. The second-order valence-electron chi connectivity index (χ2n) is 3.88. The number of ketones is 1. The fraction of sp³-hybridized carbons (Fsp3) is 0.0769. The Kier molecular flexibility index (Phi) is 3.43. The fourth-order valence-corrected chi connectivity index (χ4v) is 2.17. The molecule has 0 unspecified atom stereocenters. The van der Waals surface area contributed by atoms with E-state index in [1.54, 1.807) is 19.1 Å². The second kappa shape index (κ2) is 4.86. The number of carbonyl (C=O) groups excluding carboxylic acids is 1. The number of benzene rings is 1. The Balaban J connectivity index is 2.55. The number of hydrogen-bond donors (Lipinski definition) is 1. The first-order chi connectivity index (χ1) is 8.49. The molecule has 0 spiro atoms. The van der Waals surface area contributed by atoms with Crippen LogP contribution in [0.1, 0.15) is 21.5 Å². The Morgan fingerprint density at radius 2 is 2.11 bits per heavy atom. The van der Waals surface area contributed by atoms with Crippen molar-refractivity contribution in [1.82, 2.24) is 4.98 Å². The van der Waals surface area contributed by atoms with Crippen LogP contribution in [0.15, 0.2) is 34.9 Å². The maximum absolute atomic E-state index is 13.3. The Bertz CT molecular complexity index is 588. The van der Waals surface area contributed by atoms with Gasteiger partial charge in [0.05, 0.1) is 5.56 Å². The van der Waals surface area contributed by atoms with E-state index in [1.807, 2.05) is 0 Å². The molecular formula is C13H10BrFN2O. The van der Waals surface area contributed by atoms with E-state index < -0.39 is 5.82 Å². The molecule has 0 saturated carbocycles. The van der Waals surface area contributed by atoms with Crippen LogP contribution in [0, 0.1) is 12.7 Å². The van der Waals surface area contributed by atoms with Gasteiger partial charge in [-0.25, -0.2) is 9.37 Å². The van der Waals surface area contributed by atoms with Crippen LogP contribution in [0.4, 0.5) is 10.2 Å². The van der Waals surface area contributed by atoms with Crippen molar-refractivity contribution in [2.24, 2.45) is 0 Å². The number of carbonyl (C=O) groups is 1. The Labute approximate surface area is 112 Å². The monoisotopic (exact) mass is 308 g/mol. The Morgan fingerprint density at radius 1 is 1.39 bits per heavy atom. The van der Waals surface area contributed by atoms with Gasteiger partial charge in [-0.2, -0.15) is 0 Å². The average Bonchev–Trinajstić information content (AvgIpc) is 2.27. The molecule has 0 bridgehead atoms. The van der Waals surface area contributed by atoms with E-state index in [0.29, 0.717) is 15.6 Å². The maximum atomic E-state index is 13.3. The van der Waals surface area contributed by atoms with Crippen molar-refractivity contribution >= 4 is 27.5 Å². The van der Waals surface area contributed by atoms with E-state index in [1.165, 1.54) is 18.3 Å². The number of anilines is 1. The zero-order valence-electron chi connectivity index (χ0n) is 9.58. The van der Waals surface area contributed by atoms with Gasteiger partial charge in [0.15, 0.2) is 5.78 Å². The normalized spacial score (nSPS) is 10.4. The van der Waals surface area contributed by atoms with Crippen LogP contribution in [0.5, 0.6) is 0 Å². The number of nitrogens with two attached hydrogens (primary N) is 1. The van der Waals surface area contributed by atoms with Crippen LogP contribution in [-0.2, 0) is 0 Å². The highest BCUT2D eigenvalue weighted by Gasteiger charge is 2.16. The molecule has 1 aromatic carbocycles. The first-order valence-electron chi connectivity index (χ1n) is 5.21. The van der Waals surface area contributed by atoms with E-state index in [9.17, 15) is 9.18 Å². The number of halogens is 2. The maximum Gasteiger partial charge on any atom is 0.197 e. The number of aromatic nitrogens is 1. The predicted molar refractivity (Wildman–Crippen MR) is 70.9 cm³/mol. The summed E-state index contributed by atoms with van der Waals surface area (Å²) in [5, 5.41) is 0. The summed E-state index contributed by atoms with van der Waals surface area (Å²) in [7, 11) is 0. The van der Waals surface area contributed by atoms with E-state index in [0.717, 1.165) is 0 Å². The van der Waals surface area contributed by atoms with Gasteiger partial charge in [-0.05, 0) is 36.8 Å². The van der Waals surface area contributed by atoms with Crippen molar-refractivity contribution in [1.29, 1.82) is 0 Å². The summed E-state index contributed by atoms with van der Waals surface area (Å²) in [5.41, 5.74) is 6.97. The summed E-state index contributed by atoms with van der Waals surface area (Å²) in [4.78, 5) is 16.2. The number of hydrogen-bond acceptors (Lipinski definition) is 3. The van der Waals surface area contributed by atoms with E-state index >= 15 is 0 Å². The largest absolute Gasteiger partial charge is 0.383 e. The van der Waals surface area contributed by atoms with Crippen LogP contribution in [0.2, 0.25) is 0 Å². The minimum absolute atomic E-state index is 0.153. The van der Waals surface area contributed by atoms with Crippen LogP contribution < -0.4 is 5.73 Å². The lowest BCUT2D eigenvalue weighted by molar-refractivity contribution is 0.103. The highest BCUT2D eigenvalue weighted by molar-refractivity contribution is 9.10. The molecule has 1 heterocycles. The molecule has 0 atom stereocenters. The lowest BCUT2D eigenvalue weighted by Crippen LogP contribution is -2.09. The van der Waals surface area contributed by atoms with Gasteiger partial charge in [0, 0.05) is 16.2 Å². The van der Waals surface area contributed by atoms with Crippen LogP contribution in [0.3, 0.4) is 0 Å². The molecule has 92 valence electrons. The molecule has 1 aromatic heterocycles. The van der Waals surface area contributed by atoms with Crippen LogP contribution >= 0.6 is 15.9 Å². The molecule has 2 aromatic rings. The van der Waals surface area contributed by atoms with Gasteiger partial charge in [-0.15, -0.1) is 0 Å². The third kappa shape index (κ3) is 2.41. The number of nitrogen functional groups attached to an aromatic ring is 1. The zero-order valence-corrected chi connectivity index (χ0v) is 11.2. The molecule has 0 aliphatic heterocycles. The van der Waals surface area contributed by atoms with Crippen molar-refractivity contribution in [3.63, 3.8) is 0 Å². The molecule has 18 heavy (non-hydrogen) atoms. The van der Waals surface area contributed by atoms with Gasteiger partial charge < -0.3 is 5.73 Å². The molecule has 0 aliphatic carbocycles. The minimum Gasteiger partial charge on any atom is -0.383 e. The van der Waals surface area contributed by atoms with Gasteiger partial charge in [-0.3, -0.25) is 4.79 Å². The predicted octanol–water partition coefficient (Wildman–Crippen LogP) is 3.10. The molecule has 5 heteroatoms. The Hall–Kier alpha value is -1.75. The Morgan fingerprint density at radius 3 is 2.72 bits per heavy atom. The minimum atomic E-state index is -0.479. The highest BCUT2D eigenvalue weighted by atomic mass is 79.9. The molecule has 2 rings (SSSR count). The van der Waals surface area contributed by atoms with Crippen molar-refractivity contribution in [2.75, 3.05) is 5.73 Å². The molecule has 0 saturated heterocycles. The number of rotatable bonds is 2. The van der Waals surface area contributed by atoms with Crippen LogP contribution in [-0.4, -0.2) is 10.8 Å². The standard InChI is InChI=1S/C13H10BrFN2O/c1-7-2-3-17-13(16)11(7)12(18)8-4-9(14)6-10(15)5-8/h2-6H,1H3,(H2,16,17). The summed E-state index contributed by atoms with van der Waals surface area (Å²) in [6.45, 7) is 1.76. The SMILES string of the molecule is Cc1ccnc(N)c1C(=O)c1cc(F)cc(Br)c1. The smallest absolute Gasteiger partial charge is 0.197 e.